The molecule has 3 aliphatic rings. The number of benzene rings is 1. The van der Waals surface area contributed by atoms with E-state index >= 15 is 0 Å². The number of carbonyl (C=O) groups excluding carboxylic acids is 5. The number of hydrogen-bond acceptors (Lipinski definition) is 12. The molecule has 1 fully saturated rings. The van der Waals surface area contributed by atoms with Crippen molar-refractivity contribution in [1.29, 1.82) is 0 Å². The number of amides is 3. The molecule has 15 heteroatoms. The first-order chi connectivity index (χ1) is 20.9. The summed E-state index contributed by atoms with van der Waals surface area (Å²) in [4.78, 5) is 65.6. The van der Waals surface area contributed by atoms with Gasteiger partial charge in [0.2, 0.25) is 17.6 Å². The van der Waals surface area contributed by atoms with Crippen LogP contribution in [0, 0.1) is 17.8 Å². The summed E-state index contributed by atoms with van der Waals surface area (Å²) in [6, 6.07) is 0.502. The van der Waals surface area contributed by atoms with Crippen molar-refractivity contribution in [3.05, 3.63) is 40.2 Å². The molecule has 7 atom stereocenters. The highest BCUT2D eigenvalue weighted by Crippen LogP contribution is 2.56. The minimum Gasteiger partial charge on any atom is -0.508 e. The molecule has 4 rings (SSSR count). The molecule has 11 N–H and O–H groups in total. The average Bonchev–Trinajstić information content (AvgIpc) is 2.94. The molecular formula is C30H39N5O10. The third-order valence-electron chi connectivity index (χ3n) is 8.89. The van der Waals surface area contributed by atoms with Crippen LogP contribution in [-0.2, 0) is 24.0 Å². The molecule has 1 aromatic carbocycles. The number of phenolic OH excluding ortho intramolecular Hbond substituents is 1. The molecule has 2 unspecified atom stereocenters. The Bertz CT molecular complexity index is 1550. The zero-order chi connectivity index (χ0) is 33.9. The van der Waals surface area contributed by atoms with Gasteiger partial charge in [-0.15, -0.1) is 0 Å². The van der Waals surface area contributed by atoms with E-state index in [0.717, 1.165) is 0 Å². The number of nitrogens with two attached hydrogens (primary N) is 2. The largest absolute Gasteiger partial charge is 0.508 e. The molecule has 0 aliphatic heterocycles. The summed E-state index contributed by atoms with van der Waals surface area (Å²) in [7, 11) is 2.84. The predicted octanol–water partition coefficient (Wildman–Crippen LogP) is -1.08. The Morgan fingerprint density at radius 1 is 1.11 bits per heavy atom. The maximum Gasteiger partial charge on any atom is 0.255 e. The fourth-order valence-electron chi connectivity index (χ4n) is 6.83. The second-order valence-corrected chi connectivity index (χ2v) is 12.5. The highest BCUT2D eigenvalue weighted by Gasteiger charge is 2.68. The lowest BCUT2D eigenvalue weighted by Gasteiger charge is -2.53. The van der Waals surface area contributed by atoms with Crippen molar-refractivity contribution < 1.29 is 49.5 Å². The van der Waals surface area contributed by atoms with Crippen LogP contribution >= 0.6 is 0 Å². The molecule has 3 amide bonds. The molecule has 0 heterocycles. The summed E-state index contributed by atoms with van der Waals surface area (Å²) >= 11 is 0. The molecule has 1 aromatic rings. The number of likely N-dealkylation sites (N-methyl/N-ethyl adjacent to an activating group) is 1. The van der Waals surface area contributed by atoms with Crippen LogP contribution in [0.1, 0.15) is 44.2 Å². The van der Waals surface area contributed by atoms with Crippen LogP contribution in [0.4, 0.5) is 5.69 Å². The van der Waals surface area contributed by atoms with E-state index in [0.29, 0.717) is 6.42 Å². The number of aliphatic hydroxyl groups is 4. The monoisotopic (exact) mass is 629 g/mol. The van der Waals surface area contributed by atoms with Crippen molar-refractivity contribution in [3.8, 4) is 5.75 Å². The molecule has 3 aliphatic carbocycles. The van der Waals surface area contributed by atoms with Gasteiger partial charge in [-0.2, -0.15) is 0 Å². The predicted molar refractivity (Wildman–Crippen MR) is 159 cm³/mol. The fraction of sp³-hybridized carbons (Fsp3) is 0.500. The van der Waals surface area contributed by atoms with Crippen molar-refractivity contribution >= 4 is 40.7 Å². The standard InChI is InChI=1S/C30H39N5O10/c1-10(2)8-13(31)29(44)33-9-15(36)34-14-7-6-12-11(3)16-18(23(38)17(12)22(14)37)26(41)30(45)20(24(16)39)21(35(4)5)25(40)19(27(30)42)28(32)43/h6-7,10-11,13,16,20-21,24,37-39,42,45H,8-9,31H2,1-5H3,(H2,32,43)(H,33,44)(H,34,36)/t11-,13-,16?,20?,21-,24-,30-/m0/s1. The maximum atomic E-state index is 14.1. The molecular weight excluding hydrogens is 590 g/mol. The van der Waals surface area contributed by atoms with E-state index in [1.165, 1.54) is 31.1 Å². The van der Waals surface area contributed by atoms with Gasteiger partial charge in [-0.1, -0.05) is 26.8 Å². The number of nitrogens with one attached hydrogen (secondary N) is 2. The third-order valence-corrected chi connectivity index (χ3v) is 8.89. The number of carbonyl (C=O) groups is 5. The summed E-state index contributed by atoms with van der Waals surface area (Å²) in [6.07, 6.45) is -1.33. The number of ketones is 2. The Morgan fingerprint density at radius 2 is 1.73 bits per heavy atom. The number of phenols is 1. The van der Waals surface area contributed by atoms with Crippen LogP contribution < -0.4 is 22.1 Å². The van der Waals surface area contributed by atoms with E-state index in [4.69, 9.17) is 11.5 Å². The summed E-state index contributed by atoms with van der Waals surface area (Å²) in [5, 5.41) is 61.8. The van der Waals surface area contributed by atoms with Gasteiger partial charge in [0.15, 0.2) is 11.4 Å². The lowest BCUT2D eigenvalue weighted by atomic mass is 9.54. The number of anilines is 1. The van der Waals surface area contributed by atoms with Crippen LogP contribution in [0.5, 0.6) is 5.75 Å². The first kappa shape index (κ1) is 33.6. The second-order valence-electron chi connectivity index (χ2n) is 12.5. The Morgan fingerprint density at radius 3 is 2.29 bits per heavy atom. The Kier molecular flexibility index (Phi) is 8.87. The van der Waals surface area contributed by atoms with E-state index in [-0.39, 0.29) is 22.7 Å². The van der Waals surface area contributed by atoms with Gasteiger partial charge in [-0.05, 0) is 44.0 Å². The first-order valence-electron chi connectivity index (χ1n) is 14.4. The second kappa shape index (κ2) is 11.9. The molecule has 0 radical (unpaired) electrons. The minimum absolute atomic E-state index is 0.153. The number of nitrogens with zero attached hydrogens (tertiary/aromatic N) is 1. The number of hydrogen-bond donors (Lipinski definition) is 9. The summed E-state index contributed by atoms with van der Waals surface area (Å²) in [6.45, 7) is 4.89. The number of aliphatic hydroxyl groups excluding tert-OH is 3. The van der Waals surface area contributed by atoms with E-state index in [1.54, 1.807) is 6.92 Å². The molecule has 0 spiro atoms. The van der Waals surface area contributed by atoms with Gasteiger partial charge in [-0.25, -0.2) is 0 Å². The third kappa shape index (κ3) is 5.24. The van der Waals surface area contributed by atoms with Gasteiger partial charge in [0.25, 0.3) is 5.91 Å². The number of primary amides is 1. The highest BCUT2D eigenvalue weighted by atomic mass is 16.4. The van der Waals surface area contributed by atoms with Crippen molar-refractivity contribution in [2.45, 2.75) is 56.9 Å². The van der Waals surface area contributed by atoms with Crippen molar-refractivity contribution in [1.82, 2.24) is 10.2 Å². The number of aromatic hydroxyl groups is 1. The topological polar surface area (TPSA) is 266 Å². The Labute approximate surface area is 258 Å². The molecule has 0 bridgehead atoms. The average molecular weight is 630 g/mol. The molecule has 1 saturated carbocycles. The molecule has 0 saturated heterocycles. The smallest absolute Gasteiger partial charge is 0.255 e. The molecule has 15 nitrogen and oxygen atoms in total. The van der Waals surface area contributed by atoms with Gasteiger partial charge in [0.1, 0.15) is 22.8 Å². The van der Waals surface area contributed by atoms with E-state index in [9.17, 15) is 49.5 Å². The van der Waals surface area contributed by atoms with Gasteiger partial charge in [0.05, 0.1) is 41.9 Å². The van der Waals surface area contributed by atoms with E-state index < -0.39 is 106 Å². The Balaban J connectivity index is 1.76. The van der Waals surface area contributed by atoms with Crippen molar-refractivity contribution in [3.63, 3.8) is 0 Å². The van der Waals surface area contributed by atoms with Crippen LogP contribution in [0.3, 0.4) is 0 Å². The lowest BCUT2D eigenvalue weighted by Crippen LogP contribution is -2.70. The first-order valence-corrected chi connectivity index (χ1v) is 14.4. The molecule has 244 valence electrons. The number of rotatable bonds is 8. The SMILES string of the molecule is CC(C)C[C@H](N)C(=O)NCC(=O)Nc1ccc2c(c1O)C(O)=C1C(=O)[C@]3(O)C(O)=C(C(N)=O)C(=O)[C@@H](N(C)C)C3[C@@H](O)C1[C@H]2C. The van der Waals surface area contributed by atoms with Gasteiger partial charge in [0, 0.05) is 11.5 Å². The van der Waals surface area contributed by atoms with Crippen molar-refractivity contribution in [2.75, 3.05) is 26.0 Å². The summed E-state index contributed by atoms with van der Waals surface area (Å²) < 4.78 is 0. The number of Topliss-reactive ketones (excluding diaryl/α,β-unsaturated/α-hetero) is 2. The normalized spacial score (nSPS) is 28.4. The van der Waals surface area contributed by atoms with E-state index in [1.807, 2.05) is 13.8 Å². The maximum absolute atomic E-state index is 14.1. The van der Waals surface area contributed by atoms with Gasteiger partial charge in [-0.3, -0.25) is 28.9 Å². The molecule has 0 aromatic heterocycles. The quantitative estimate of drug-likeness (QED) is 0.123. The van der Waals surface area contributed by atoms with Crippen LogP contribution in [0.15, 0.2) is 29.0 Å². The summed E-state index contributed by atoms with van der Waals surface area (Å²) in [5.74, 6) is -11.4. The zero-order valence-electron chi connectivity index (χ0n) is 25.5. The van der Waals surface area contributed by atoms with Gasteiger partial charge >= 0.3 is 0 Å². The highest BCUT2D eigenvalue weighted by molar-refractivity contribution is 6.24. The number of fused-ring (bicyclic) bond motifs is 3. The lowest BCUT2D eigenvalue weighted by molar-refractivity contribution is -0.169. The van der Waals surface area contributed by atoms with Crippen LogP contribution in [0.25, 0.3) is 5.76 Å². The zero-order valence-corrected chi connectivity index (χ0v) is 25.5. The van der Waals surface area contributed by atoms with E-state index in [2.05, 4.69) is 10.6 Å². The Hall–Kier alpha value is -4.31. The molecule has 45 heavy (non-hydrogen) atoms. The van der Waals surface area contributed by atoms with Crippen LogP contribution in [0.2, 0.25) is 0 Å². The van der Waals surface area contributed by atoms with Crippen molar-refractivity contribution in [2.24, 2.45) is 29.2 Å². The van der Waals surface area contributed by atoms with Gasteiger partial charge < -0.3 is 47.6 Å². The summed E-state index contributed by atoms with van der Waals surface area (Å²) in [5.41, 5.74) is 6.33. The fourth-order valence-corrected chi connectivity index (χ4v) is 6.83. The van der Waals surface area contributed by atoms with Crippen LogP contribution in [-0.4, -0.2) is 104 Å². The minimum atomic E-state index is -3.04.